The zero-order chi connectivity index (χ0) is 11.6. The SMILES string of the molecule is OCc1ccc(B(O)O)cc1C(F)(F)F. The molecule has 3 nitrogen and oxygen atoms in total. The summed E-state index contributed by atoms with van der Waals surface area (Å²) in [6, 6.07) is 2.74. The van der Waals surface area contributed by atoms with Crippen LogP contribution in [0.5, 0.6) is 0 Å². The summed E-state index contributed by atoms with van der Waals surface area (Å²) in [5, 5.41) is 26.1. The molecule has 7 heteroatoms. The highest BCUT2D eigenvalue weighted by Gasteiger charge is 2.34. The number of aliphatic hydroxyl groups excluding tert-OH is 1. The van der Waals surface area contributed by atoms with E-state index in [-0.39, 0.29) is 11.0 Å². The third-order valence-electron chi connectivity index (χ3n) is 1.91. The van der Waals surface area contributed by atoms with Gasteiger partial charge in [-0.25, -0.2) is 0 Å². The smallest absolute Gasteiger partial charge is 0.423 e. The van der Waals surface area contributed by atoms with Crippen LogP contribution in [0.3, 0.4) is 0 Å². The second kappa shape index (κ2) is 4.22. The maximum Gasteiger partial charge on any atom is 0.488 e. The minimum atomic E-state index is -4.62. The van der Waals surface area contributed by atoms with E-state index < -0.39 is 25.5 Å². The molecule has 0 aliphatic rings. The fourth-order valence-electron chi connectivity index (χ4n) is 1.16. The fraction of sp³-hybridized carbons (Fsp3) is 0.250. The van der Waals surface area contributed by atoms with Crippen molar-refractivity contribution in [2.45, 2.75) is 12.8 Å². The summed E-state index contributed by atoms with van der Waals surface area (Å²) in [7, 11) is -1.96. The lowest BCUT2D eigenvalue weighted by molar-refractivity contribution is -0.138. The van der Waals surface area contributed by atoms with Crippen LogP contribution >= 0.6 is 0 Å². The molecule has 0 aliphatic carbocycles. The molecule has 0 spiro atoms. The molecule has 0 aromatic heterocycles. The van der Waals surface area contributed by atoms with Crippen LogP contribution < -0.4 is 5.46 Å². The highest BCUT2D eigenvalue weighted by atomic mass is 19.4. The molecule has 0 radical (unpaired) electrons. The van der Waals surface area contributed by atoms with Crippen molar-refractivity contribution in [1.82, 2.24) is 0 Å². The van der Waals surface area contributed by atoms with Crippen molar-refractivity contribution in [2.75, 3.05) is 0 Å². The molecular formula is C8H8BF3O3. The van der Waals surface area contributed by atoms with Crippen molar-refractivity contribution in [3.05, 3.63) is 29.3 Å². The molecule has 0 fully saturated rings. The molecule has 0 aliphatic heterocycles. The minimum Gasteiger partial charge on any atom is -0.423 e. The first-order valence-corrected chi connectivity index (χ1v) is 4.03. The molecule has 0 heterocycles. The Balaban J connectivity index is 3.26. The van der Waals surface area contributed by atoms with Crippen LogP contribution in [-0.2, 0) is 12.8 Å². The largest absolute Gasteiger partial charge is 0.488 e. The molecule has 15 heavy (non-hydrogen) atoms. The van der Waals surface area contributed by atoms with Gasteiger partial charge >= 0.3 is 13.3 Å². The maximum atomic E-state index is 12.4. The first kappa shape index (κ1) is 12.0. The van der Waals surface area contributed by atoms with E-state index in [2.05, 4.69) is 0 Å². The topological polar surface area (TPSA) is 60.7 Å². The van der Waals surface area contributed by atoms with Crippen molar-refractivity contribution < 1.29 is 28.3 Å². The molecule has 0 amide bonds. The second-order valence-corrected chi connectivity index (χ2v) is 2.95. The number of hydrogen-bond acceptors (Lipinski definition) is 3. The van der Waals surface area contributed by atoms with Gasteiger partial charge < -0.3 is 15.2 Å². The number of halogens is 3. The van der Waals surface area contributed by atoms with Gasteiger partial charge in [0.1, 0.15) is 0 Å². The van der Waals surface area contributed by atoms with E-state index in [1.165, 1.54) is 0 Å². The quantitative estimate of drug-likeness (QED) is 0.608. The van der Waals surface area contributed by atoms with Crippen molar-refractivity contribution in [2.24, 2.45) is 0 Å². The van der Waals surface area contributed by atoms with Gasteiger partial charge in [-0.15, -0.1) is 0 Å². The van der Waals surface area contributed by atoms with Gasteiger partial charge in [0.2, 0.25) is 0 Å². The summed E-state index contributed by atoms with van der Waals surface area (Å²) in [6.07, 6.45) is -4.62. The predicted octanol–water partition coefficient (Wildman–Crippen LogP) is -0.122. The molecule has 3 N–H and O–H groups in total. The normalized spacial score (nSPS) is 11.6. The van der Waals surface area contributed by atoms with Crippen molar-refractivity contribution in [3.8, 4) is 0 Å². The van der Waals surface area contributed by atoms with Crippen LogP contribution in [0.15, 0.2) is 18.2 Å². The third-order valence-corrected chi connectivity index (χ3v) is 1.91. The first-order chi connectivity index (χ1) is 6.86. The molecule has 1 aromatic carbocycles. The maximum absolute atomic E-state index is 12.4. The van der Waals surface area contributed by atoms with E-state index in [0.29, 0.717) is 6.07 Å². The summed E-state index contributed by atoms with van der Waals surface area (Å²) >= 11 is 0. The van der Waals surface area contributed by atoms with Crippen LogP contribution in [0.4, 0.5) is 13.2 Å². The third kappa shape index (κ3) is 2.71. The van der Waals surface area contributed by atoms with Gasteiger partial charge in [-0.05, 0) is 17.1 Å². The standard InChI is InChI=1S/C8H8BF3O3/c10-8(11,12)7-3-6(9(14)15)2-1-5(7)4-13/h1-3,13-15H,4H2. The number of hydrogen-bond donors (Lipinski definition) is 3. The number of rotatable bonds is 2. The number of aliphatic hydroxyl groups is 1. The molecule has 0 atom stereocenters. The van der Waals surface area contributed by atoms with Gasteiger partial charge in [0, 0.05) is 0 Å². The van der Waals surface area contributed by atoms with Gasteiger partial charge in [0.15, 0.2) is 0 Å². The summed E-state index contributed by atoms with van der Waals surface area (Å²) < 4.78 is 37.2. The average Bonchev–Trinajstić information content (AvgIpc) is 2.15. The summed E-state index contributed by atoms with van der Waals surface area (Å²) in [4.78, 5) is 0. The lowest BCUT2D eigenvalue weighted by Crippen LogP contribution is -2.31. The second-order valence-electron chi connectivity index (χ2n) is 2.95. The van der Waals surface area contributed by atoms with E-state index in [1.54, 1.807) is 0 Å². The van der Waals surface area contributed by atoms with Gasteiger partial charge in [-0.2, -0.15) is 13.2 Å². The molecule has 0 unspecified atom stereocenters. The Labute approximate surface area is 83.9 Å². The first-order valence-electron chi connectivity index (χ1n) is 4.03. The number of alkyl halides is 3. The Hall–Kier alpha value is -1.05. The van der Waals surface area contributed by atoms with Crippen LogP contribution in [-0.4, -0.2) is 22.3 Å². The Morgan fingerprint density at radius 3 is 2.20 bits per heavy atom. The van der Waals surface area contributed by atoms with Crippen molar-refractivity contribution in [3.63, 3.8) is 0 Å². The van der Waals surface area contributed by atoms with Crippen LogP contribution in [0.2, 0.25) is 0 Å². The fourth-order valence-corrected chi connectivity index (χ4v) is 1.16. The summed E-state index contributed by atoms with van der Waals surface area (Å²) in [5.74, 6) is 0. The average molecular weight is 220 g/mol. The molecule has 0 saturated heterocycles. The van der Waals surface area contributed by atoms with Gasteiger partial charge in [-0.3, -0.25) is 0 Å². The Kier molecular flexibility index (Phi) is 3.38. The van der Waals surface area contributed by atoms with Crippen LogP contribution in [0.1, 0.15) is 11.1 Å². The summed E-state index contributed by atoms with van der Waals surface area (Å²) in [5.41, 5.74) is -1.62. The van der Waals surface area contributed by atoms with Crippen LogP contribution in [0, 0.1) is 0 Å². The van der Waals surface area contributed by atoms with Gasteiger partial charge in [0.05, 0.1) is 12.2 Å². The molecule has 1 aromatic rings. The monoisotopic (exact) mass is 220 g/mol. The molecular weight excluding hydrogens is 212 g/mol. The van der Waals surface area contributed by atoms with E-state index in [0.717, 1.165) is 12.1 Å². The van der Waals surface area contributed by atoms with Gasteiger partial charge in [-0.1, -0.05) is 12.1 Å². The lowest BCUT2D eigenvalue weighted by Gasteiger charge is -2.12. The van der Waals surface area contributed by atoms with E-state index in [4.69, 9.17) is 15.2 Å². The molecule has 0 bridgehead atoms. The highest BCUT2D eigenvalue weighted by Crippen LogP contribution is 2.31. The van der Waals surface area contributed by atoms with E-state index in [9.17, 15) is 13.2 Å². The van der Waals surface area contributed by atoms with E-state index in [1.807, 2.05) is 0 Å². The van der Waals surface area contributed by atoms with Gasteiger partial charge in [0.25, 0.3) is 0 Å². The molecule has 0 saturated carbocycles. The van der Waals surface area contributed by atoms with Crippen molar-refractivity contribution >= 4 is 12.6 Å². The molecule has 82 valence electrons. The Morgan fingerprint density at radius 1 is 1.20 bits per heavy atom. The minimum absolute atomic E-state index is 0.264. The molecule has 1 rings (SSSR count). The predicted molar refractivity (Wildman–Crippen MR) is 47.2 cm³/mol. The zero-order valence-electron chi connectivity index (χ0n) is 7.49. The van der Waals surface area contributed by atoms with Crippen LogP contribution in [0.25, 0.3) is 0 Å². The number of benzene rings is 1. The lowest BCUT2D eigenvalue weighted by atomic mass is 9.79. The Morgan fingerprint density at radius 2 is 1.80 bits per heavy atom. The highest BCUT2D eigenvalue weighted by molar-refractivity contribution is 6.58. The summed E-state index contributed by atoms with van der Waals surface area (Å²) in [6.45, 7) is -0.753. The van der Waals surface area contributed by atoms with Crippen molar-refractivity contribution in [1.29, 1.82) is 0 Å². The van der Waals surface area contributed by atoms with E-state index >= 15 is 0 Å². The Bertz CT molecular complexity index is 351. The zero-order valence-corrected chi connectivity index (χ0v) is 7.49.